The molecule has 0 amide bonds. The molecular weight excluding hydrogens is 405 g/mol. The maximum Gasteiger partial charge on any atom is 0.266 e. The summed E-state index contributed by atoms with van der Waals surface area (Å²) in [4.78, 5) is 12.4. The molecule has 0 atom stereocenters. The van der Waals surface area contributed by atoms with Crippen molar-refractivity contribution in [2.45, 2.75) is 5.79 Å². The number of carbonyl (C=O) groups is 1. The summed E-state index contributed by atoms with van der Waals surface area (Å²) in [6, 6.07) is 4.63. The van der Waals surface area contributed by atoms with E-state index in [9.17, 15) is 13.2 Å². The van der Waals surface area contributed by atoms with Crippen LogP contribution in [0.5, 0.6) is 0 Å². The largest absolute Gasteiger partial charge is 0.354 e. The van der Waals surface area contributed by atoms with Crippen molar-refractivity contribution in [1.82, 2.24) is 5.16 Å². The van der Waals surface area contributed by atoms with Gasteiger partial charge in [0.2, 0.25) is 5.78 Å². The molecule has 1 aromatic heterocycles. The van der Waals surface area contributed by atoms with Crippen LogP contribution in [-0.4, -0.2) is 39.8 Å². The van der Waals surface area contributed by atoms with Crippen molar-refractivity contribution in [1.29, 1.82) is 0 Å². The first kappa shape index (κ1) is 19.1. The molecular formula is C16H13Cl2NO6S. The number of rotatable bonds is 4. The average Bonchev–Trinajstić information content (AvgIpc) is 2.99. The van der Waals surface area contributed by atoms with Gasteiger partial charge in [0.15, 0.2) is 15.6 Å². The summed E-state index contributed by atoms with van der Waals surface area (Å²) in [6.45, 7) is 0. The highest BCUT2D eigenvalue weighted by molar-refractivity contribution is 8.00. The van der Waals surface area contributed by atoms with Gasteiger partial charge in [0.25, 0.3) is 5.79 Å². The van der Waals surface area contributed by atoms with Crippen LogP contribution in [-0.2, 0) is 29.9 Å². The minimum Gasteiger partial charge on any atom is -0.354 e. The first-order chi connectivity index (χ1) is 12.2. The smallest absolute Gasteiger partial charge is 0.266 e. The Morgan fingerprint density at radius 1 is 1.19 bits per heavy atom. The lowest BCUT2D eigenvalue weighted by Crippen LogP contribution is -2.42. The van der Waals surface area contributed by atoms with Gasteiger partial charge in [0, 0.05) is 37.1 Å². The number of sulfone groups is 1. The Kier molecular flexibility index (Phi) is 4.74. The Hall–Kier alpha value is -1.71. The lowest BCUT2D eigenvalue weighted by Gasteiger charge is -2.31. The highest BCUT2D eigenvalue weighted by Crippen LogP contribution is 2.46. The molecule has 138 valence electrons. The van der Waals surface area contributed by atoms with E-state index >= 15 is 0 Å². The van der Waals surface area contributed by atoms with E-state index in [1.165, 1.54) is 20.3 Å². The van der Waals surface area contributed by atoms with Crippen LogP contribution in [0, 0.1) is 0 Å². The third kappa shape index (κ3) is 2.78. The summed E-state index contributed by atoms with van der Waals surface area (Å²) in [6.07, 6.45) is 1.86. The number of aromatic nitrogens is 1. The van der Waals surface area contributed by atoms with Crippen molar-refractivity contribution >= 4 is 43.7 Å². The summed E-state index contributed by atoms with van der Waals surface area (Å²) in [7, 11) is -1.27. The zero-order valence-corrected chi connectivity index (χ0v) is 16.2. The first-order valence-corrected chi connectivity index (χ1v) is 9.83. The molecule has 0 saturated heterocycles. The van der Waals surface area contributed by atoms with Crippen molar-refractivity contribution < 1.29 is 27.2 Å². The number of fused-ring (bicyclic) bond motifs is 1. The van der Waals surface area contributed by atoms with E-state index in [-0.39, 0.29) is 26.9 Å². The van der Waals surface area contributed by atoms with E-state index in [1.807, 2.05) is 0 Å². The molecule has 2 aromatic rings. The van der Waals surface area contributed by atoms with Gasteiger partial charge < -0.3 is 14.0 Å². The van der Waals surface area contributed by atoms with E-state index in [4.69, 9.17) is 37.2 Å². The van der Waals surface area contributed by atoms with Gasteiger partial charge in [0.1, 0.15) is 10.6 Å². The van der Waals surface area contributed by atoms with E-state index in [0.717, 1.165) is 12.3 Å². The molecule has 0 fully saturated rings. The van der Waals surface area contributed by atoms with Crippen molar-refractivity contribution in [2.24, 2.45) is 0 Å². The summed E-state index contributed by atoms with van der Waals surface area (Å²) in [5.41, 5.74) is 0.523. The molecule has 0 N–H and O–H groups in total. The maximum absolute atomic E-state index is 12.7. The molecule has 0 saturated carbocycles. The summed E-state index contributed by atoms with van der Waals surface area (Å²) < 4.78 is 40.1. The van der Waals surface area contributed by atoms with E-state index in [1.54, 1.807) is 12.1 Å². The Labute approximate surface area is 159 Å². The summed E-state index contributed by atoms with van der Waals surface area (Å²) in [5.74, 6) is -2.77. The fraction of sp³-hybridized carbons (Fsp3) is 0.250. The van der Waals surface area contributed by atoms with Gasteiger partial charge in [-0.1, -0.05) is 28.4 Å². The van der Waals surface area contributed by atoms with Crippen LogP contribution < -0.4 is 0 Å². The van der Waals surface area contributed by atoms with Crippen LogP contribution in [0.2, 0.25) is 10.0 Å². The first-order valence-electron chi connectivity index (χ1n) is 7.18. The number of nitrogens with zero attached hydrogens (tertiary/aromatic N) is 1. The second kappa shape index (κ2) is 6.47. The molecule has 0 unspecified atom stereocenters. The number of ether oxygens (including phenoxy) is 2. The Bertz CT molecular complexity index is 1040. The quantitative estimate of drug-likeness (QED) is 0.705. The second-order valence-corrected chi connectivity index (χ2v) is 8.36. The third-order valence-electron chi connectivity index (χ3n) is 3.99. The Morgan fingerprint density at radius 2 is 1.85 bits per heavy atom. The van der Waals surface area contributed by atoms with Crippen LogP contribution in [0.3, 0.4) is 0 Å². The Balaban J connectivity index is 2.39. The monoisotopic (exact) mass is 417 g/mol. The molecule has 10 heteroatoms. The number of carbonyl (C=O) groups excluding carboxylic acids is 1. The predicted molar refractivity (Wildman–Crippen MR) is 95.5 cm³/mol. The summed E-state index contributed by atoms with van der Waals surface area (Å²) >= 11 is 12.2. The molecule has 1 aliphatic carbocycles. The average molecular weight is 418 g/mol. The van der Waals surface area contributed by atoms with Crippen LogP contribution in [0.15, 0.2) is 28.8 Å². The fourth-order valence-corrected chi connectivity index (χ4v) is 4.09. The topological polar surface area (TPSA) is 95.7 Å². The van der Waals surface area contributed by atoms with Crippen molar-refractivity contribution in [3.8, 4) is 11.3 Å². The number of ketones is 1. The molecule has 7 nitrogen and oxygen atoms in total. The van der Waals surface area contributed by atoms with Crippen LogP contribution in [0.25, 0.3) is 16.2 Å². The number of hydrogen-bond donors (Lipinski definition) is 0. The zero-order chi connectivity index (χ0) is 19.3. The zero-order valence-electron chi connectivity index (χ0n) is 13.9. The van der Waals surface area contributed by atoms with Crippen LogP contribution >= 0.6 is 23.2 Å². The van der Waals surface area contributed by atoms with Gasteiger partial charge in [-0.25, -0.2) is 8.42 Å². The molecule has 26 heavy (non-hydrogen) atoms. The van der Waals surface area contributed by atoms with E-state index in [0.29, 0.717) is 10.6 Å². The normalized spacial score (nSPS) is 16.3. The molecule has 0 aliphatic heterocycles. The van der Waals surface area contributed by atoms with Crippen LogP contribution in [0.1, 0.15) is 11.3 Å². The fourth-order valence-electron chi connectivity index (χ4n) is 2.80. The van der Waals surface area contributed by atoms with Gasteiger partial charge in [-0.15, -0.1) is 0 Å². The lowest BCUT2D eigenvalue weighted by molar-refractivity contribution is -0.209. The maximum atomic E-state index is 12.7. The molecule has 1 aliphatic rings. The number of halogens is 2. The molecule has 0 radical (unpaired) electrons. The van der Waals surface area contributed by atoms with Gasteiger partial charge in [-0.3, -0.25) is 4.79 Å². The molecule has 1 aromatic carbocycles. The van der Waals surface area contributed by atoms with Crippen LogP contribution in [0.4, 0.5) is 0 Å². The SMILES string of the molecule is COC1(OC)C(=O)C=C(S(C)(=O)=O)c2onc(-c3ccc(Cl)cc3Cl)c21. The van der Waals surface area contributed by atoms with Gasteiger partial charge in [0.05, 0.1) is 10.6 Å². The van der Waals surface area contributed by atoms with E-state index < -0.39 is 21.4 Å². The number of hydrogen-bond acceptors (Lipinski definition) is 7. The van der Waals surface area contributed by atoms with Crippen molar-refractivity contribution in [3.05, 3.63) is 45.6 Å². The minimum atomic E-state index is -3.78. The van der Waals surface area contributed by atoms with E-state index in [2.05, 4.69) is 5.16 Å². The third-order valence-corrected chi connectivity index (χ3v) is 5.64. The molecule has 1 heterocycles. The standard InChI is InChI=1S/C16H13Cl2NO6S/c1-23-16(24-2)12(20)7-11(26(3,21)22)15-13(16)14(19-25-15)9-5-4-8(17)6-10(9)18/h4-7H,1-3H3. The minimum absolute atomic E-state index is 0.0275. The van der Waals surface area contributed by atoms with Crippen molar-refractivity contribution in [3.63, 3.8) is 0 Å². The van der Waals surface area contributed by atoms with Gasteiger partial charge >= 0.3 is 0 Å². The Morgan fingerprint density at radius 3 is 2.38 bits per heavy atom. The molecule has 0 bridgehead atoms. The lowest BCUT2D eigenvalue weighted by atomic mass is 9.91. The molecule has 3 rings (SSSR count). The number of methoxy groups -OCH3 is 2. The summed E-state index contributed by atoms with van der Waals surface area (Å²) in [5, 5.41) is 4.56. The van der Waals surface area contributed by atoms with Gasteiger partial charge in [-0.2, -0.15) is 0 Å². The van der Waals surface area contributed by atoms with Crippen molar-refractivity contribution in [2.75, 3.05) is 20.5 Å². The second-order valence-electron chi connectivity index (χ2n) is 5.53. The molecule has 0 spiro atoms. The predicted octanol–water partition coefficient (Wildman–Crippen LogP) is 3.06. The number of benzene rings is 1. The van der Waals surface area contributed by atoms with Gasteiger partial charge in [-0.05, 0) is 18.2 Å². The highest BCUT2D eigenvalue weighted by atomic mass is 35.5. The highest BCUT2D eigenvalue weighted by Gasteiger charge is 2.51.